The molecule has 0 aliphatic carbocycles. The second-order valence-electron chi connectivity index (χ2n) is 3.80. The van der Waals surface area contributed by atoms with Crippen LogP contribution in [0.5, 0.6) is 0 Å². The lowest BCUT2D eigenvalue weighted by atomic mass is 10.2. The van der Waals surface area contributed by atoms with Gasteiger partial charge in [0.1, 0.15) is 4.90 Å². The Morgan fingerprint density at radius 3 is 2.35 bits per heavy atom. The zero-order chi connectivity index (χ0) is 15.6. The Labute approximate surface area is 123 Å². The predicted octanol–water partition coefficient (Wildman–Crippen LogP) is 2.72. The molecule has 0 unspecified atom stereocenters. The van der Waals surface area contributed by atoms with E-state index in [0.717, 1.165) is 6.07 Å². The normalized spacial score (nSPS) is 12.7. The highest BCUT2D eigenvalue weighted by atomic mass is 35.5. The number of aliphatic hydroxyl groups is 1. The van der Waals surface area contributed by atoms with Crippen LogP contribution in [0, 0.1) is 0 Å². The van der Waals surface area contributed by atoms with E-state index < -0.39 is 40.7 Å². The Morgan fingerprint density at radius 2 is 1.85 bits per heavy atom. The molecule has 0 aliphatic heterocycles. The Hall–Kier alpha value is -0.540. The molecule has 0 saturated carbocycles. The average molecular weight is 352 g/mol. The van der Waals surface area contributed by atoms with E-state index in [1.54, 1.807) is 4.72 Å². The molecule has 10 heteroatoms. The summed E-state index contributed by atoms with van der Waals surface area (Å²) >= 11 is 11.4. The quantitative estimate of drug-likeness (QED) is 0.856. The number of benzene rings is 1. The van der Waals surface area contributed by atoms with Crippen molar-refractivity contribution in [3.63, 3.8) is 0 Å². The van der Waals surface area contributed by atoms with Crippen LogP contribution >= 0.6 is 23.2 Å². The van der Waals surface area contributed by atoms with Crippen molar-refractivity contribution in [1.82, 2.24) is 4.72 Å². The van der Waals surface area contributed by atoms with Crippen molar-refractivity contribution in [1.29, 1.82) is 0 Å². The number of nitrogens with one attached hydrogen (secondary N) is 1. The van der Waals surface area contributed by atoms with Gasteiger partial charge < -0.3 is 5.11 Å². The molecule has 0 radical (unpaired) electrons. The zero-order valence-electron chi connectivity index (χ0n) is 9.84. The number of rotatable bonds is 5. The summed E-state index contributed by atoms with van der Waals surface area (Å²) in [6, 6.07) is 2.26. The molecule has 1 aromatic rings. The van der Waals surface area contributed by atoms with Gasteiger partial charge in [-0.1, -0.05) is 23.2 Å². The molecular formula is C10H10Cl2F3NO3S. The van der Waals surface area contributed by atoms with Crippen LogP contribution in [0.4, 0.5) is 13.2 Å². The summed E-state index contributed by atoms with van der Waals surface area (Å²) in [6.45, 7) is -1.37. The largest absolute Gasteiger partial charge is 0.392 e. The number of aliphatic hydroxyl groups excluding tert-OH is 1. The Bertz CT molecular complexity index is 590. The van der Waals surface area contributed by atoms with Crippen LogP contribution in [-0.2, 0) is 16.6 Å². The van der Waals surface area contributed by atoms with E-state index in [1.807, 2.05) is 0 Å². The first-order chi connectivity index (χ1) is 9.07. The van der Waals surface area contributed by atoms with E-state index in [9.17, 15) is 21.6 Å². The molecule has 1 aromatic carbocycles. The van der Waals surface area contributed by atoms with Crippen LogP contribution < -0.4 is 4.72 Å². The average Bonchev–Trinajstić information content (AvgIpc) is 2.29. The van der Waals surface area contributed by atoms with E-state index in [-0.39, 0.29) is 15.6 Å². The summed E-state index contributed by atoms with van der Waals surface area (Å²) in [5, 5.41) is 8.72. The first kappa shape index (κ1) is 17.5. The second kappa shape index (κ2) is 6.48. The van der Waals surface area contributed by atoms with Crippen LogP contribution in [0.1, 0.15) is 12.0 Å². The summed E-state index contributed by atoms with van der Waals surface area (Å²) in [5.41, 5.74) is 0.0652. The van der Waals surface area contributed by atoms with Crippen molar-refractivity contribution in [3.8, 4) is 0 Å². The Morgan fingerprint density at radius 1 is 1.25 bits per heavy atom. The third-order valence-electron chi connectivity index (χ3n) is 2.24. The number of hydrogen-bond acceptors (Lipinski definition) is 3. The summed E-state index contributed by atoms with van der Waals surface area (Å²) in [6.07, 6.45) is -5.78. The summed E-state index contributed by atoms with van der Waals surface area (Å²) in [4.78, 5) is -0.474. The third kappa shape index (κ3) is 4.78. The summed E-state index contributed by atoms with van der Waals surface area (Å²) in [5.74, 6) is 0. The molecule has 0 heterocycles. The lowest BCUT2D eigenvalue weighted by molar-refractivity contribution is -0.132. The van der Waals surface area contributed by atoms with Gasteiger partial charge in [-0.15, -0.1) is 0 Å². The number of hydrogen-bond donors (Lipinski definition) is 2. The van der Waals surface area contributed by atoms with E-state index in [1.165, 1.54) is 6.07 Å². The van der Waals surface area contributed by atoms with Crippen molar-refractivity contribution in [2.24, 2.45) is 0 Å². The molecule has 20 heavy (non-hydrogen) atoms. The summed E-state index contributed by atoms with van der Waals surface area (Å²) in [7, 11) is -4.25. The smallest absolute Gasteiger partial charge is 0.390 e. The molecule has 0 spiro atoms. The Balaban J connectivity index is 3.01. The maximum absolute atomic E-state index is 12.0. The van der Waals surface area contributed by atoms with Gasteiger partial charge in [-0.3, -0.25) is 0 Å². The third-order valence-corrected chi connectivity index (χ3v) is 4.50. The molecule has 0 saturated heterocycles. The molecule has 1 rings (SSSR count). The van der Waals surface area contributed by atoms with E-state index in [0.29, 0.717) is 0 Å². The van der Waals surface area contributed by atoms with Gasteiger partial charge in [0, 0.05) is 11.6 Å². The SMILES string of the molecule is O=S(=O)(NCCC(F)(F)F)c1cc(Cl)cc(CO)c1Cl. The zero-order valence-corrected chi connectivity index (χ0v) is 12.2. The van der Waals surface area contributed by atoms with E-state index in [4.69, 9.17) is 28.3 Å². The van der Waals surface area contributed by atoms with Crippen LogP contribution in [0.15, 0.2) is 17.0 Å². The minimum absolute atomic E-state index is 0.00496. The molecule has 0 amide bonds. The number of alkyl halides is 3. The highest BCUT2D eigenvalue weighted by Crippen LogP contribution is 2.29. The van der Waals surface area contributed by atoms with Crippen LogP contribution in [0.2, 0.25) is 10.0 Å². The molecule has 0 aliphatic rings. The molecule has 2 N–H and O–H groups in total. The molecule has 0 bridgehead atoms. The van der Waals surface area contributed by atoms with Crippen molar-refractivity contribution < 1.29 is 26.7 Å². The lowest BCUT2D eigenvalue weighted by Crippen LogP contribution is -2.28. The minimum Gasteiger partial charge on any atom is -0.392 e. The highest BCUT2D eigenvalue weighted by molar-refractivity contribution is 7.89. The molecule has 0 aromatic heterocycles. The molecule has 0 fully saturated rings. The van der Waals surface area contributed by atoms with Crippen molar-refractivity contribution in [2.75, 3.05) is 6.54 Å². The van der Waals surface area contributed by atoms with Crippen LogP contribution in [-0.4, -0.2) is 26.2 Å². The van der Waals surface area contributed by atoms with Gasteiger partial charge in [0.2, 0.25) is 10.0 Å². The second-order valence-corrected chi connectivity index (χ2v) is 6.35. The lowest BCUT2D eigenvalue weighted by Gasteiger charge is -2.12. The topological polar surface area (TPSA) is 66.4 Å². The first-order valence-electron chi connectivity index (χ1n) is 5.22. The minimum atomic E-state index is -4.48. The van der Waals surface area contributed by atoms with Crippen LogP contribution in [0.25, 0.3) is 0 Å². The standard InChI is InChI=1S/C10H10Cl2F3NO3S/c11-7-3-6(5-17)9(12)8(4-7)20(18,19)16-2-1-10(13,14)15/h3-4,16-17H,1-2,5H2. The van der Waals surface area contributed by atoms with Gasteiger partial charge in [0.25, 0.3) is 0 Å². The van der Waals surface area contributed by atoms with Gasteiger partial charge in [-0.25, -0.2) is 13.1 Å². The number of sulfonamides is 1. The van der Waals surface area contributed by atoms with Gasteiger partial charge in [0.15, 0.2) is 0 Å². The fraction of sp³-hybridized carbons (Fsp3) is 0.400. The van der Waals surface area contributed by atoms with Crippen molar-refractivity contribution >= 4 is 33.2 Å². The van der Waals surface area contributed by atoms with Crippen LogP contribution in [0.3, 0.4) is 0 Å². The van der Waals surface area contributed by atoms with Gasteiger partial charge >= 0.3 is 6.18 Å². The molecule has 0 atom stereocenters. The molecular weight excluding hydrogens is 342 g/mol. The fourth-order valence-corrected chi connectivity index (χ4v) is 3.29. The van der Waals surface area contributed by atoms with Gasteiger partial charge in [-0.05, 0) is 17.7 Å². The maximum Gasteiger partial charge on any atom is 0.390 e. The Kier molecular flexibility index (Phi) is 5.68. The monoisotopic (exact) mass is 351 g/mol. The highest BCUT2D eigenvalue weighted by Gasteiger charge is 2.28. The molecule has 114 valence electrons. The first-order valence-corrected chi connectivity index (χ1v) is 7.46. The fourth-order valence-electron chi connectivity index (χ4n) is 1.33. The predicted molar refractivity (Wildman–Crippen MR) is 68.2 cm³/mol. The van der Waals surface area contributed by atoms with Crippen molar-refractivity contribution in [3.05, 3.63) is 27.7 Å². The van der Waals surface area contributed by atoms with E-state index in [2.05, 4.69) is 0 Å². The van der Waals surface area contributed by atoms with E-state index >= 15 is 0 Å². The maximum atomic E-state index is 12.0. The van der Waals surface area contributed by atoms with Gasteiger partial charge in [-0.2, -0.15) is 13.2 Å². The van der Waals surface area contributed by atoms with Gasteiger partial charge in [0.05, 0.1) is 18.1 Å². The summed E-state index contributed by atoms with van der Waals surface area (Å²) < 4.78 is 61.4. The number of halogens is 5. The van der Waals surface area contributed by atoms with Crippen molar-refractivity contribution in [2.45, 2.75) is 24.1 Å². The molecule has 4 nitrogen and oxygen atoms in total.